The van der Waals surface area contributed by atoms with Gasteiger partial charge >= 0.3 is 6.18 Å². The molecule has 1 atom stereocenters. The zero-order chi connectivity index (χ0) is 12.8. The van der Waals surface area contributed by atoms with E-state index in [9.17, 15) is 18.0 Å². The number of nitriles is 1. The smallest absolute Gasteiger partial charge is 0.309 e. The third kappa shape index (κ3) is 1.69. The van der Waals surface area contributed by atoms with E-state index in [2.05, 4.69) is 9.97 Å². The predicted molar refractivity (Wildman–Crippen MR) is 48.9 cm³/mol. The third-order valence-electron chi connectivity index (χ3n) is 2.28. The molecule has 5 nitrogen and oxygen atoms in total. The van der Waals surface area contributed by atoms with Gasteiger partial charge < -0.3 is 5.32 Å². The number of rotatable bonds is 0. The molecule has 2 rings (SSSR count). The Bertz CT molecular complexity index is 546. The average Bonchev–Trinajstić information content (AvgIpc) is 2.51. The van der Waals surface area contributed by atoms with Crippen LogP contribution in [0.1, 0.15) is 23.0 Å². The number of nitrogens with one attached hydrogen (secondary N) is 1. The molecule has 1 aliphatic rings. The molecule has 8 heteroatoms. The molecule has 1 aromatic heterocycles. The van der Waals surface area contributed by atoms with Crippen LogP contribution in [0.4, 0.5) is 19.0 Å². The number of aromatic nitrogens is 2. The van der Waals surface area contributed by atoms with Gasteiger partial charge in [0, 0.05) is 0 Å². The number of alkyl halides is 3. The molecule has 0 bridgehead atoms. The molecule has 1 unspecified atom stereocenters. The first-order valence-electron chi connectivity index (χ1n) is 4.51. The molecule has 0 fully saturated rings. The molecular formula is C9H5F3N4O. The SMILES string of the molecule is Cc1nc(C#N)c2c(n1)NC(=O)C2C(F)(F)F. The molecule has 1 aromatic rings. The van der Waals surface area contributed by atoms with Gasteiger partial charge in [-0.1, -0.05) is 0 Å². The van der Waals surface area contributed by atoms with Gasteiger partial charge in [0.2, 0.25) is 5.91 Å². The number of hydrogen-bond acceptors (Lipinski definition) is 4. The van der Waals surface area contributed by atoms with Crippen molar-refractivity contribution in [2.24, 2.45) is 0 Å². The predicted octanol–water partition coefficient (Wildman–Crippen LogP) is 1.25. The van der Waals surface area contributed by atoms with Crippen LogP contribution in [-0.4, -0.2) is 22.1 Å². The van der Waals surface area contributed by atoms with Crippen molar-refractivity contribution in [1.29, 1.82) is 5.26 Å². The van der Waals surface area contributed by atoms with Crippen molar-refractivity contribution < 1.29 is 18.0 Å². The van der Waals surface area contributed by atoms with Crippen molar-refractivity contribution in [2.75, 3.05) is 5.32 Å². The Hall–Kier alpha value is -2.17. The summed E-state index contributed by atoms with van der Waals surface area (Å²) in [4.78, 5) is 18.5. The molecule has 17 heavy (non-hydrogen) atoms. The lowest BCUT2D eigenvalue weighted by molar-refractivity contribution is -0.160. The van der Waals surface area contributed by atoms with Gasteiger partial charge in [0.1, 0.15) is 17.7 Å². The quantitative estimate of drug-likeness (QED) is 0.742. The molecule has 0 aliphatic carbocycles. The summed E-state index contributed by atoms with van der Waals surface area (Å²) in [5.74, 6) is -3.71. The molecule has 0 saturated heterocycles. The topological polar surface area (TPSA) is 78.7 Å². The molecule has 0 radical (unpaired) electrons. The van der Waals surface area contributed by atoms with Crippen LogP contribution in [0.3, 0.4) is 0 Å². The average molecular weight is 242 g/mol. The van der Waals surface area contributed by atoms with Crippen molar-refractivity contribution in [2.45, 2.75) is 19.0 Å². The minimum atomic E-state index is -4.76. The zero-order valence-corrected chi connectivity index (χ0v) is 8.46. The summed E-state index contributed by atoms with van der Waals surface area (Å²) in [5, 5.41) is 10.8. The second-order valence-corrected chi connectivity index (χ2v) is 3.46. The van der Waals surface area contributed by atoms with Crippen LogP contribution < -0.4 is 5.32 Å². The fourth-order valence-electron chi connectivity index (χ4n) is 1.67. The van der Waals surface area contributed by atoms with E-state index < -0.39 is 29.3 Å². The maximum absolute atomic E-state index is 12.7. The maximum Gasteiger partial charge on any atom is 0.404 e. The Morgan fingerprint density at radius 2 is 2.06 bits per heavy atom. The number of aryl methyl sites for hydroxylation is 1. The monoisotopic (exact) mass is 242 g/mol. The highest BCUT2D eigenvalue weighted by molar-refractivity contribution is 6.03. The van der Waals surface area contributed by atoms with E-state index in [1.54, 1.807) is 6.07 Å². The minimum absolute atomic E-state index is 0.128. The molecule has 88 valence electrons. The lowest BCUT2D eigenvalue weighted by Gasteiger charge is -2.13. The largest absolute Gasteiger partial charge is 0.404 e. The molecule has 0 saturated carbocycles. The summed E-state index contributed by atoms with van der Waals surface area (Å²) in [6.45, 7) is 1.42. The Morgan fingerprint density at radius 3 is 2.59 bits per heavy atom. The summed E-state index contributed by atoms with van der Waals surface area (Å²) in [6.07, 6.45) is -4.76. The van der Waals surface area contributed by atoms with Crippen LogP contribution in [0.15, 0.2) is 0 Å². The van der Waals surface area contributed by atoms with Crippen LogP contribution in [0.25, 0.3) is 0 Å². The van der Waals surface area contributed by atoms with E-state index in [1.165, 1.54) is 6.92 Å². The number of carbonyl (C=O) groups excluding carboxylic acids is 1. The second kappa shape index (κ2) is 3.41. The third-order valence-corrected chi connectivity index (χ3v) is 2.28. The summed E-state index contributed by atoms with van der Waals surface area (Å²) in [7, 11) is 0. The van der Waals surface area contributed by atoms with Gasteiger partial charge in [0.15, 0.2) is 11.6 Å². The summed E-state index contributed by atoms with van der Waals surface area (Å²) in [5.41, 5.74) is -0.913. The normalized spacial score (nSPS) is 18.5. The number of fused-ring (bicyclic) bond motifs is 1. The lowest BCUT2D eigenvalue weighted by atomic mass is 10.0. The number of halogens is 3. The van der Waals surface area contributed by atoms with Crippen molar-refractivity contribution in [3.8, 4) is 6.07 Å². The number of carbonyl (C=O) groups is 1. The van der Waals surface area contributed by atoms with Crippen LogP contribution in [0.5, 0.6) is 0 Å². The minimum Gasteiger partial charge on any atom is -0.309 e. The Balaban J connectivity index is 2.68. The first kappa shape index (κ1) is 11.3. The van der Waals surface area contributed by atoms with Crippen LogP contribution in [0.2, 0.25) is 0 Å². The van der Waals surface area contributed by atoms with Gasteiger partial charge in [-0.2, -0.15) is 18.4 Å². The molecular weight excluding hydrogens is 237 g/mol. The summed E-state index contributed by atoms with van der Waals surface area (Å²) >= 11 is 0. The first-order chi connectivity index (χ1) is 7.84. The van der Waals surface area contributed by atoms with Gasteiger partial charge in [-0.25, -0.2) is 9.97 Å². The highest BCUT2D eigenvalue weighted by Gasteiger charge is 2.52. The number of hydrogen-bond donors (Lipinski definition) is 1. The summed E-state index contributed by atoms with van der Waals surface area (Å²) < 4.78 is 38.0. The Morgan fingerprint density at radius 1 is 1.41 bits per heavy atom. The van der Waals surface area contributed by atoms with Gasteiger partial charge in [-0.15, -0.1) is 0 Å². The van der Waals surface area contributed by atoms with Crippen LogP contribution in [0, 0.1) is 18.3 Å². The van der Waals surface area contributed by atoms with Crippen molar-refractivity contribution in [3.05, 3.63) is 17.1 Å². The van der Waals surface area contributed by atoms with Crippen molar-refractivity contribution in [3.63, 3.8) is 0 Å². The summed E-state index contributed by atoms with van der Waals surface area (Å²) in [6, 6.07) is 1.55. The fourth-order valence-corrected chi connectivity index (χ4v) is 1.67. The molecule has 1 aliphatic heterocycles. The molecule has 1 amide bonds. The molecule has 1 N–H and O–H groups in total. The maximum atomic E-state index is 12.7. The van der Waals surface area contributed by atoms with E-state index in [0.717, 1.165) is 0 Å². The standard InChI is InChI=1S/C9H5F3N4O/c1-3-14-4(2-13)5-6(9(10,11)12)8(17)16-7(5)15-3/h6H,1H3,(H,14,15,16,17). The van der Waals surface area contributed by atoms with Gasteiger partial charge in [0.05, 0.1) is 5.56 Å². The lowest BCUT2D eigenvalue weighted by Crippen LogP contribution is -2.27. The molecule has 0 aromatic carbocycles. The number of anilines is 1. The van der Waals surface area contributed by atoms with Gasteiger partial charge in [-0.05, 0) is 6.92 Å². The van der Waals surface area contributed by atoms with Crippen LogP contribution in [-0.2, 0) is 4.79 Å². The zero-order valence-electron chi connectivity index (χ0n) is 8.46. The highest BCUT2D eigenvalue weighted by atomic mass is 19.4. The number of nitrogens with zero attached hydrogens (tertiary/aromatic N) is 3. The number of amides is 1. The van der Waals surface area contributed by atoms with E-state index in [0.29, 0.717) is 0 Å². The van der Waals surface area contributed by atoms with E-state index in [1.807, 2.05) is 5.32 Å². The van der Waals surface area contributed by atoms with Gasteiger partial charge in [0.25, 0.3) is 0 Å². The first-order valence-corrected chi connectivity index (χ1v) is 4.51. The van der Waals surface area contributed by atoms with Crippen LogP contribution >= 0.6 is 0 Å². The van der Waals surface area contributed by atoms with E-state index in [4.69, 9.17) is 5.26 Å². The molecule has 0 spiro atoms. The van der Waals surface area contributed by atoms with Gasteiger partial charge in [-0.3, -0.25) is 4.79 Å². The Kier molecular flexibility index (Phi) is 2.27. The van der Waals surface area contributed by atoms with E-state index >= 15 is 0 Å². The van der Waals surface area contributed by atoms with Crippen molar-refractivity contribution in [1.82, 2.24) is 9.97 Å². The molecule has 2 heterocycles. The van der Waals surface area contributed by atoms with E-state index in [-0.39, 0.29) is 11.6 Å². The Labute approximate surface area is 93.3 Å². The van der Waals surface area contributed by atoms with Crippen molar-refractivity contribution >= 4 is 11.7 Å². The highest BCUT2D eigenvalue weighted by Crippen LogP contribution is 2.43. The fraction of sp³-hybridized carbons (Fsp3) is 0.333. The second-order valence-electron chi connectivity index (χ2n) is 3.46.